The minimum atomic E-state index is -0.225. The zero-order valence-electron chi connectivity index (χ0n) is 13.4. The fourth-order valence-corrected chi connectivity index (χ4v) is 3.21. The molecule has 0 atom stereocenters. The molecule has 1 saturated heterocycles. The lowest BCUT2D eigenvalue weighted by Crippen LogP contribution is -2.46. The number of aromatic amines is 1. The number of carbonyl (C=O) groups is 1. The first-order valence-corrected chi connectivity index (χ1v) is 8.16. The summed E-state index contributed by atoms with van der Waals surface area (Å²) < 4.78 is 1.67. The summed E-state index contributed by atoms with van der Waals surface area (Å²) in [6.07, 6.45) is 2.07. The molecule has 0 radical (unpaired) electrons. The number of para-hydroxylation sites is 1. The van der Waals surface area contributed by atoms with Crippen molar-refractivity contribution in [3.8, 4) is 5.69 Å². The maximum absolute atomic E-state index is 12.9. The molecule has 0 bridgehead atoms. The number of carbonyl (C=O) groups excluding carboxylic acids is 1. The third-order valence-electron chi connectivity index (χ3n) is 4.53. The number of hydrogen-bond acceptors (Lipinski definition) is 3. The van der Waals surface area contributed by atoms with Crippen LogP contribution in [0, 0.1) is 0 Å². The standard InChI is InChI=1S/C17H20N4O2.H2S/c22-16(20-10-8-18-9-11-20)14-15(12-6-7-12)21(17(23)19-14)13-4-2-1-3-5-13;/h1-5,12,18H,6-11H2,(H,19,23);1H2. The van der Waals surface area contributed by atoms with Gasteiger partial charge in [-0.1, -0.05) is 18.2 Å². The van der Waals surface area contributed by atoms with Crippen molar-refractivity contribution < 1.29 is 4.79 Å². The van der Waals surface area contributed by atoms with Gasteiger partial charge in [0.25, 0.3) is 5.91 Å². The van der Waals surface area contributed by atoms with E-state index in [1.54, 1.807) is 4.57 Å². The van der Waals surface area contributed by atoms with Crippen molar-refractivity contribution >= 4 is 19.4 Å². The lowest BCUT2D eigenvalue weighted by Gasteiger charge is -2.27. The van der Waals surface area contributed by atoms with E-state index >= 15 is 0 Å². The van der Waals surface area contributed by atoms with E-state index in [0.717, 1.165) is 37.3 Å². The predicted molar refractivity (Wildman–Crippen MR) is 97.5 cm³/mol. The molecule has 4 rings (SSSR count). The molecule has 1 aromatic heterocycles. The Morgan fingerprint density at radius 2 is 1.75 bits per heavy atom. The summed E-state index contributed by atoms with van der Waals surface area (Å²) in [4.78, 5) is 30.0. The van der Waals surface area contributed by atoms with Crippen LogP contribution in [-0.2, 0) is 0 Å². The molecular weight excluding hydrogens is 324 g/mol. The van der Waals surface area contributed by atoms with E-state index < -0.39 is 0 Å². The number of nitrogens with zero attached hydrogens (tertiary/aromatic N) is 2. The maximum Gasteiger partial charge on any atom is 0.330 e. The highest BCUT2D eigenvalue weighted by Gasteiger charge is 2.35. The van der Waals surface area contributed by atoms with E-state index in [0.29, 0.717) is 24.7 Å². The highest BCUT2D eigenvalue weighted by Crippen LogP contribution is 2.42. The van der Waals surface area contributed by atoms with Gasteiger partial charge in [-0.25, -0.2) is 4.79 Å². The lowest BCUT2D eigenvalue weighted by atomic mass is 10.2. The van der Waals surface area contributed by atoms with Gasteiger partial charge in [-0.3, -0.25) is 9.36 Å². The number of hydrogen-bond donors (Lipinski definition) is 2. The van der Waals surface area contributed by atoms with Crippen LogP contribution in [-0.4, -0.2) is 46.5 Å². The van der Waals surface area contributed by atoms with Crippen molar-refractivity contribution in [2.24, 2.45) is 0 Å². The van der Waals surface area contributed by atoms with Gasteiger partial charge in [-0.2, -0.15) is 13.5 Å². The maximum atomic E-state index is 12.9. The number of rotatable bonds is 3. The summed E-state index contributed by atoms with van der Waals surface area (Å²) in [5.41, 5.74) is 1.92. The van der Waals surface area contributed by atoms with E-state index in [1.807, 2.05) is 35.2 Å². The van der Waals surface area contributed by atoms with Crippen molar-refractivity contribution in [2.45, 2.75) is 18.8 Å². The minimum Gasteiger partial charge on any atom is -0.335 e. The molecule has 2 fully saturated rings. The highest BCUT2D eigenvalue weighted by atomic mass is 32.1. The number of imidazole rings is 1. The second-order valence-electron chi connectivity index (χ2n) is 6.18. The number of H-pyrrole nitrogens is 1. The van der Waals surface area contributed by atoms with Crippen LogP contribution in [0.25, 0.3) is 5.69 Å². The summed E-state index contributed by atoms with van der Waals surface area (Å²) in [7, 11) is 0. The Kier molecular flexibility index (Phi) is 4.82. The SMILES string of the molecule is O=C(c1[nH]c(=O)n(-c2ccccc2)c1C1CC1)N1CCNCC1.S. The third-order valence-corrected chi connectivity index (χ3v) is 4.53. The van der Waals surface area contributed by atoms with Crippen molar-refractivity contribution in [1.82, 2.24) is 19.8 Å². The zero-order valence-corrected chi connectivity index (χ0v) is 14.4. The van der Waals surface area contributed by atoms with Crippen LogP contribution in [0.5, 0.6) is 0 Å². The fourth-order valence-electron chi connectivity index (χ4n) is 3.21. The van der Waals surface area contributed by atoms with E-state index in [2.05, 4.69) is 10.3 Å². The summed E-state index contributed by atoms with van der Waals surface area (Å²) in [6, 6.07) is 9.54. The Morgan fingerprint density at radius 3 is 2.38 bits per heavy atom. The molecule has 128 valence electrons. The largest absolute Gasteiger partial charge is 0.335 e. The molecule has 1 aliphatic heterocycles. The van der Waals surface area contributed by atoms with Crippen LogP contribution < -0.4 is 11.0 Å². The first-order chi connectivity index (χ1) is 11.3. The van der Waals surface area contributed by atoms with Gasteiger partial charge in [0.1, 0.15) is 5.69 Å². The Bertz CT molecular complexity index is 774. The van der Waals surface area contributed by atoms with Gasteiger partial charge in [0, 0.05) is 32.1 Å². The first kappa shape index (κ1) is 16.9. The summed E-state index contributed by atoms with van der Waals surface area (Å²) in [5, 5.41) is 3.24. The monoisotopic (exact) mass is 346 g/mol. The molecule has 2 N–H and O–H groups in total. The van der Waals surface area contributed by atoms with Crippen molar-refractivity contribution in [3.05, 3.63) is 52.2 Å². The zero-order chi connectivity index (χ0) is 15.8. The molecule has 6 nitrogen and oxygen atoms in total. The molecular formula is C17H22N4O2S. The third kappa shape index (κ3) is 3.01. The van der Waals surface area contributed by atoms with Gasteiger partial charge in [-0.15, -0.1) is 0 Å². The average Bonchev–Trinajstić information content (AvgIpc) is 3.38. The number of piperazine rings is 1. The molecule has 1 aliphatic carbocycles. The van der Waals surface area contributed by atoms with E-state index in [1.165, 1.54) is 0 Å². The second kappa shape index (κ2) is 6.86. The van der Waals surface area contributed by atoms with Crippen LogP contribution in [0.2, 0.25) is 0 Å². The van der Waals surface area contributed by atoms with Gasteiger partial charge >= 0.3 is 5.69 Å². The average molecular weight is 346 g/mol. The van der Waals surface area contributed by atoms with Crippen molar-refractivity contribution in [3.63, 3.8) is 0 Å². The number of nitrogens with one attached hydrogen (secondary N) is 2. The Hall–Kier alpha value is -1.99. The second-order valence-corrected chi connectivity index (χ2v) is 6.18. The smallest absolute Gasteiger partial charge is 0.330 e. The molecule has 2 aliphatic rings. The van der Waals surface area contributed by atoms with E-state index in [-0.39, 0.29) is 25.1 Å². The normalized spacial score (nSPS) is 17.4. The molecule has 2 heterocycles. The highest BCUT2D eigenvalue weighted by molar-refractivity contribution is 7.59. The molecule has 0 unspecified atom stereocenters. The van der Waals surface area contributed by atoms with Crippen molar-refractivity contribution in [1.29, 1.82) is 0 Å². The first-order valence-electron chi connectivity index (χ1n) is 8.16. The Balaban J connectivity index is 0.00000169. The van der Waals surface area contributed by atoms with Gasteiger partial charge in [0.2, 0.25) is 0 Å². The number of amides is 1. The van der Waals surface area contributed by atoms with Gasteiger partial charge < -0.3 is 15.2 Å². The van der Waals surface area contributed by atoms with E-state index in [4.69, 9.17) is 0 Å². The van der Waals surface area contributed by atoms with Crippen LogP contribution in [0.15, 0.2) is 35.1 Å². The molecule has 24 heavy (non-hydrogen) atoms. The van der Waals surface area contributed by atoms with Crippen LogP contribution >= 0.6 is 13.5 Å². The summed E-state index contributed by atoms with van der Waals surface area (Å²) in [5.74, 6) is 0.246. The summed E-state index contributed by atoms with van der Waals surface area (Å²) >= 11 is 0. The minimum absolute atomic E-state index is 0. The summed E-state index contributed by atoms with van der Waals surface area (Å²) in [6.45, 7) is 2.96. The lowest BCUT2D eigenvalue weighted by molar-refractivity contribution is 0.0729. The molecule has 0 spiro atoms. The molecule has 2 aromatic rings. The van der Waals surface area contributed by atoms with Crippen molar-refractivity contribution in [2.75, 3.05) is 26.2 Å². The van der Waals surface area contributed by atoms with Gasteiger partial charge in [-0.05, 0) is 25.0 Å². The molecule has 1 amide bonds. The number of benzene rings is 1. The van der Waals surface area contributed by atoms with Gasteiger partial charge in [0.15, 0.2) is 0 Å². The van der Waals surface area contributed by atoms with E-state index in [9.17, 15) is 9.59 Å². The van der Waals surface area contributed by atoms with Crippen LogP contribution in [0.1, 0.15) is 34.9 Å². The molecule has 1 saturated carbocycles. The van der Waals surface area contributed by atoms with Gasteiger partial charge in [0.05, 0.1) is 11.4 Å². The fraction of sp³-hybridized carbons (Fsp3) is 0.412. The quantitative estimate of drug-likeness (QED) is 0.877. The Labute approximate surface area is 147 Å². The predicted octanol–water partition coefficient (Wildman–Crippen LogP) is 1.20. The molecule has 7 heteroatoms. The van der Waals surface area contributed by atoms with Crippen LogP contribution in [0.4, 0.5) is 0 Å². The topological polar surface area (TPSA) is 70.1 Å². The van der Waals surface area contributed by atoms with Crippen LogP contribution in [0.3, 0.4) is 0 Å². The number of aromatic nitrogens is 2. The molecule has 1 aromatic carbocycles. The Morgan fingerprint density at radius 1 is 1.08 bits per heavy atom.